The molecule has 4 aromatic carbocycles. The van der Waals surface area contributed by atoms with Crippen LogP contribution in [0.1, 0.15) is 34.0 Å². The Morgan fingerprint density at radius 2 is 1.76 bits per heavy atom. The van der Waals surface area contributed by atoms with Crippen LogP contribution in [0.5, 0.6) is 5.75 Å². The second-order valence-electron chi connectivity index (χ2n) is 9.26. The third kappa shape index (κ3) is 6.45. The molecule has 5 rings (SSSR count). The summed E-state index contributed by atoms with van der Waals surface area (Å²) in [5.41, 5.74) is 3.09. The summed E-state index contributed by atoms with van der Waals surface area (Å²) in [6.45, 7) is 4.11. The maximum atomic E-state index is 12.8. The fourth-order valence-electron chi connectivity index (χ4n) is 4.29. The lowest BCUT2D eigenvalue weighted by Gasteiger charge is -2.11. The minimum Gasteiger partial charge on any atom is -0.506 e. The van der Waals surface area contributed by atoms with Crippen molar-refractivity contribution in [2.24, 2.45) is 4.99 Å². The van der Waals surface area contributed by atoms with Gasteiger partial charge in [-0.3, -0.25) is 4.79 Å². The van der Waals surface area contributed by atoms with Crippen LogP contribution in [0.2, 0.25) is 0 Å². The van der Waals surface area contributed by atoms with Crippen LogP contribution in [0, 0.1) is 6.92 Å². The molecular formula is C33H26BrNO5S. The van der Waals surface area contributed by atoms with Crippen LogP contribution in [-0.2, 0) is 16.1 Å². The number of hydrogen-bond donors (Lipinski definition) is 1. The normalized spacial score (nSPS) is 15.1. The van der Waals surface area contributed by atoms with Crippen LogP contribution in [0.25, 0.3) is 16.8 Å². The van der Waals surface area contributed by atoms with Crippen molar-refractivity contribution >= 4 is 61.5 Å². The second kappa shape index (κ2) is 12.6. The van der Waals surface area contributed by atoms with Gasteiger partial charge in [0.25, 0.3) is 5.91 Å². The number of benzene rings is 4. The Morgan fingerprint density at radius 3 is 2.51 bits per heavy atom. The van der Waals surface area contributed by atoms with Crippen molar-refractivity contribution in [3.63, 3.8) is 0 Å². The first-order valence-electron chi connectivity index (χ1n) is 12.9. The van der Waals surface area contributed by atoms with Crippen molar-refractivity contribution < 1.29 is 24.2 Å². The van der Waals surface area contributed by atoms with Gasteiger partial charge in [-0.05, 0) is 82.0 Å². The van der Waals surface area contributed by atoms with E-state index in [-0.39, 0.29) is 23.0 Å². The molecule has 1 N–H and O–H groups in total. The molecule has 0 bridgehead atoms. The smallest absolute Gasteiger partial charge is 0.344 e. The number of fused-ring (bicyclic) bond motifs is 1. The van der Waals surface area contributed by atoms with E-state index in [1.807, 2.05) is 61.5 Å². The van der Waals surface area contributed by atoms with E-state index in [0.29, 0.717) is 22.8 Å². The fourth-order valence-corrected chi connectivity index (χ4v) is 5.82. The minimum atomic E-state index is -0.741. The lowest BCUT2D eigenvalue weighted by molar-refractivity contribution is -0.138. The summed E-state index contributed by atoms with van der Waals surface area (Å²) in [5, 5.41) is 13.4. The van der Waals surface area contributed by atoms with Crippen molar-refractivity contribution in [1.82, 2.24) is 0 Å². The second-order valence-corrected chi connectivity index (χ2v) is 11.1. The van der Waals surface area contributed by atoms with E-state index in [1.165, 1.54) is 0 Å². The van der Waals surface area contributed by atoms with Crippen molar-refractivity contribution in [1.29, 1.82) is 0 Å². The number of carbonyl (C=O) groups excluding carboxylic acids is 2. The molecule has 0 atom stereocenters. The zero-order valence-electron chi connectivity index (χ0n) is 22.4. The molecule has 0 saturated carbocycles. The van der Waals surface area contributed by atoms with E-state index in [2.05, 4.69) is 39.1 Å². The van der Waals surface area contributed by atoms with Crippen LogP contribution < -0.4 is 4.74 Å². The standard InChI is InChI=1S/C33H26BrNO5S/c1-3-39-33(38)29-30(36)28(41-32(29)35-31(37)23-14-11-20(2)12-15-23)18-21-13-16-27(26(34)17-21)40-19-24-9-6-8-22-7-4-5-10-25(22)24/h4-18,36H,3,19H2,1-2H3/b28-18-,35-32?. The Hall–Kier alpha value is -4.14. The van der Waals surface area contributed by atoms with Crippen LogP contribution >= 0.6 is 27.7 Å². The van der Waals surface area contributed by atoms with E-state index in [9.17, 15) is 14.7 Å². The number of aliphatic imine (C=N–C) groups is 1. The first-order chi connectivity index (χ1) is 19.8. The number of esters is 1. The molecule has 0 aromatic heterocycles. The van der Waals surface area contributed by atoms with Gasteiger partial charge in [0, 0.05) is 5.56 Å². The maximum absolute atomic E-state index is 12.8. The predicted octanol–water partition coefficient (Wildman–Crippen LogP) is 8.19. The number of hydrogen-bond acceptors (Lipinski definition) is 6. The van der Waals surface area contributed by atoms with Gasteiger partial charge >= 0.3 is 5.97 Å². The number of aryl methyl sites for hydroxylation is 1. The van der Waals surface area contributed by atoms with E-state index >= 15 is 0 Å². The number of carbonyl (C=O) groups is 2. The predicted molar refractivity (Wildman–Crippen MR) is 167 cm³/mol. The molecule has 206 valence electrons. The van der Waals surface area contributed by atoms with Gasteiger partial charge in [-0.1, -0.05) is 78.0 Å². The molecule has 1 heterocycles. The highest BCUT2D eigenvalue weighted by molar-refractivity contribution is 9.10. The fraction of sp³-hybridized carbons (Fsp3) is 0.121. The van der Waals surface area contributed by atoms with Gasteiger partial charge in [0.1, 0.15) is 28.7 Å². The highest BCUT2D eigenvalue weighted by Crippen LogP contribution is 2.40. The molecule has 1 amide bonds. The largest absolute Gasteiger partial charge is 0.506 e. The zero-order valence-corrected chi connectivity index (χ0v) is 24.8. The molecule has 0 fully saturated rings. The van der Waals surface area contributed by atoms with Crippen molar-refractivity contribution in [2.45, 2.75) is 20.5 Å². The molecule has 8 heteroatoms. The summed E-state index contributed by atoms with van der Waals surface area (Å²) in [6, 6.07) is 26.8. The number of ether oxygens (including phenoxy) is 2. The van der Waals surface area contributed by atoms with Crippen molar-refractivity contribution in [3.05, 3.63) is 128 Å². The Bertz CT molecular complexity index is 1740. The number of thioether (sulfide) groups is 1. The van der Waals surface area contributed by atoms with E-state index in [1.54, 1.807) is 25.1 Å². The average Bonchev–Trinajstić information content (AvgIpc) is 3.26. The van der Waals surface area contributed by atoms with Gasteiger partial charge < -0.3 is 14.6 Å². The van der Waals surface area contributed by atoms with Gasteiger partial charge in [-0.25, -0.2) is 9.79 Å². The maximum Gasteiger partial charge on any atom is 0.344 e. The Labute approximate surface area is 250 Å². The Morgan fingerprint density at radius 1 is 1.00 bits per heavy atom. The van der Waals surface area contributed by atoms with Crippen LogP contribution in [0.3, 0.4) is 0 Å². The van der Waals surface area contributed by atoms with E-state index in [4.69, 9.17) is 9.47 Å². The first-order valence-corrected chi connectivity index (χ1v) is 14.5. The Balaban J connectivity index is 1.39. The number of nitrogens with zero attached hydrogens (tertiary/aromatic N) is 1. The van der Waals surface area contributed by atoms with Crippen LogP contribution in [0.4, 0.5) is 0 Å². The SMILES string of the molecule is CCOC(=O)C1=C(O)/C(=C/c2ccc(OCc3cccc4ccccc34)c(Br)c2)SC1=NC(=O)c1ccc(C)cc1. The average molecular weight is 629 g/mol. The molecule has 0 saturated heterocycles. The molecule has 41 heavy (non-hydrogen) atoms. The highest BCUT2D eigenvalue weighted by Gasteiger charge is 2.34. The van der Waals surface area contributed by atoms with Gasteiger partial charge in [0.05, 0.1) is 16.0 Å². The molecule has 0 aliphatic carbocycles. The van der Waals surface area contributed by atoms with Crippen LogP contribution in [-0.4, -0.2) is 28.6 Å². The first kappa shape index (κ1) is 28.4. The summed E-state index contributed by atoms with van der Waals surface area (Å²) >= 11 is 4.63. The van der Waals surface area contributed by atoms with Gasteiger partial charge in [-0.15, -0.1) is 0 Å². The summed E-state index contributed by atoms with van der Waals surface area (Å²) in [6.07, 6.45) is 1.72. The molecule has 6 nitrogen and oxygen atoms in total. The quantitative estimate of drug-likeness (QED) is 0.208. The zero-order chi connectivity index (χ0) is 28.9. The van der Waals surface area contributed by atoms with Gasteiger partial charge in [0.2, 0.25) is 0 Å². The van der Waals surface area contributed by atoms with Crippen molar-refractivity contribution in [3.8, 4) is 5.75 Å². The topological polar surface area (TPSA) is 85.2 Å². The third-order valence-corrected chi connectivity index (χ3v) is 8.03. The third-order valence-electron chi connectivity index (χ3n) is 6.39. The molecular weight excluding hydrogens is 602 g/mol. The molecule has 1 aliphatic heterocycles. The number of rotatable bonds is 7. The summed E-state index contributed by atoms with van der Waals surface area (Å²) in [5.74, 6) is -0.873. The summed E-state index contributed by atoms with van der Waals surface area (Å²) in [4.78, 5) is 30.1. The molecule has 0 spiro atoms. The minimum absolute atomic E-state index is 0.0897. The summed E-state index contributed by atoms with van der Waals surface area (Å²) in [7, 11) is 0. The lowest BCUT2D eigenvalue weighted by atomic mass is 10.1. The molecule has 0 radical (unpaired) electrons. The van der Waals surface area contributed by atoms with E-state index < -0.39 is 11.9 Å². The number of aliphatic hydroxyl groups is 1. The lowest BCUT2D eigenvalue weighted by Crippen LogP contribution is -2.14. The summed E-state index contributed by atoms with van der Waals surface area (Å²) < 4.78 is 12.0. The highest BCUT2D eigenvalue weighted by atomic mass is 79.9. The van der Waals surface area contributed by atoms with Crippen LogP contribution in [0.15, 0.2) is 111 Å². The number of halogens is 1. The van der Waals surface area contributed by atoms with Gasteiger partial charge in [0.15, 0.2) is 0 Å². The van der Waals surface area contributed by atoms with E-state index in [0.717, 1.165) is 43.7 Å². The number of amides is 1. The monoisotopic (exact) mass is 627 g/mol. The molecule has 4 aromatic rings. The number of aliphatic hydroxyl groups excluding tert-OH is 1. The van der Waals surface area contributed by atoms with Crippen molar-refractivity contribution in [2.75, 3.05) is 6.61 Å². The Kier molecular flexibility index (Phi) is 8.71. The molecule has 0 unspecified atom stereocenters. The molecule has 1 aliphatic rings. The van der Waals surface area contributed by atoms with Gasteiger partial charge in [-0.2, -0.15) is 0 Å².